The van der Waals surface area contributed by atoms with Crippen LogP contribution in [0.4, 0.5) is 0 Å². The Morgan fingerprint density at radius 2 is 1.57 bits per heavy atom. The molecule has 0 bridgehead atoms. The van der Waals surface area contributed by atoms with Gasteiger partial charge in [0.1, 0.15) is 0 Å². The normalized spacial score (nSPS) is 29.4. The molecule has 1 aliphatic carbocycles. The van der Waals surface area contributed by atoms with Gasteiger partial charge in [0, 0.05) is 25.2 Å². The molecule has 1 atom stereocenters. The number of rotatable bonds is 1. The maximum Gasteiger partial charge on any atom is 0.0180 e. The predicted octanol–water partition coefficient (Wildman–Crippen LogP) is 2.20. The lowest BCUT2D eigenvalue weighted by atomic mass is 9.94. The molecule has 86 valence electrons. The summed E-state index contributed by atoms with van der Waals surface area (Å²) < 4.78 is 0. The van der Waals surface area contributed by atoms with Crippen LogP contribution in [0.25, 0.3) is 0 Å². The predicted molar refractivity (Wildman–Crippen MR) is 65.5 cm³/mol. The summed E-state index contributed by atoms with van der Waals surface area (Å²) in [5.41, 5.74) is 5.89. The molecule has 0 radical (unpaired) electrons. The summed E-state index contributed by atoms with van der Waals surface area (Å²) >= 11 is 0. The first-order valence-electron chi connectivity index (χ1n) is 5.36. The lowest BCUT2D eigenvalue weighted by molar-refractivity contribution is 0.189. The van der Waals surface area contributed by atoms with Crippen molar-refractivity contribution in [2.75, 3.05) is 13.1 Å². The van der Waals surface area contributed by atoms with Gasteiger partial charge in [-0.25, -0.2) is 0 Å². The molecule has 0 amide bonds. The van der Waals surface area contributed by atoms with Crippen molar-refractivity contribution in [1.82, 2.24) is 4.90 Å². The average molecular weight is 241 g/mol. The Morgan fingerprint density at radius 3 is 2.07 bits per heavy atom. The Morgan fingerprint density at radius 1 is 0.929 bits per heavy atom. The minimum absolute atomic E-state index is 0. The molecule has 0 aromatic heterocycles. The maximum absolute atomic E-state index is 5.89. The van der Waals surface area contributed by atoms with E-state index >= 15 is 0 Å². The van der Waals surface area contributed by atoms with Crippen molar-refractivity contribution in [1.29, 1.82) is 0 Å². The maximum atomic E-state index is 5.89. The van der Waals surface area contributed by atoms with Crippen LogP contribution in [0.3, 0.4) is 0 Å². The Hall–Kier alpha value is 0.500. The van der Waals surface area contributed by atoms with Crippen molar-refractivity contribution in [2.24, 2.45) is 5.73 Å². The van der Waals surface area contributed by atoms with E-state index in [0.717, 1.165) is 12.6 Å². The lowest BCUT2D eigenvalue weighted by Gasteiger charge is -2.30. The van der Waals surface area contributed by atoms with E-state index in [1.54, 1.807) is 0 Å². The van der Waals surface area contributed by atoms with Crippen LogP contribution in [-0.4, -0.2) is 30.1 Å². The largest absolute Gasteiger partial charge is 0.326 e. The summed E-state index contributed by atoms with van der Waals surface area (Å²) in [5, 5.41) is 0. The van der Waals surface area contributed by atoms with Gasteiger partial charge in [-0.15, -0.1) is 24.8 Å². The van der Waals surface area contributed by atoms with E-state index in [9.17, 15) is 0 Å². The van der Waals surface area contributed by atoms with Crippen molar-refractivity contribution in [3.05, 3.63) is 0 Å². The summed E-state index contributed by atoms with van der Waals surface area (Å²) in [6.45, 7) is 2.41. The highest BCUT2D eigenvalue weighted by atomic mass is 35.5. The van der Waals surface area contributed by atoms with Gasteiger partial charge in [-0.1, -0.05) is 19.3 Å². The highest BCUT2D eigenvalue weighted by Crippen LogP contribution is 2.24. The summed E-state index contributed by atoms with van der Waals surface area (Å²) in [5.74, 6) is 0. The molecule has 1 saturated heterocycles. The molecule has 4 heteroatoms. The van der Waals surface area contributed by atoms with E-state index in [2.05, 4.69) is 4.90 Å². The van der Waals surface area contributed by atoms with Gasteiger partial charge in [-0.05, 0) is 19.3 Å². The molecule has 14 heavy (non-hydrogen) atoms. The first kappa shape index (κ1) is 14.5. The zero-order valence-corrected chi connectivity index (χ0v) is 10.3. The second kappa shape index (κ2) is 6.89. The van der Waals surface area contributed by atoms with Crippen molar-refractivity contribution in [2.45, 2.75) is 50.6 Å². The number of hydrogen-bond donors (Lipinski definition) is 1. The van der Waals surface area contributed by atoms with Crippen LogP contribution in [0.2, 0.25) is 0 Å². The molecule has 0 spiro atoms. The van der Waals surface area contributed by atoms with Crippen molar-refractivity contribution in [3.63, 3.8) is 0 Å². The van der Waals surface area contributed by atoms with Gasteiger partial charge in [-0.3, -0.25) is 4.90 Å². The van der Waals surface area contributed by atoms with E-state index < -0.39 is 0 Å². The summed E-state index contributed by atoms with van der Waals surface area (Å²) in [4.78, 5) is 2.61. The minimum atomic E-state index is 0. The van der Waals surface area contributed by atoms with E-state index in [-0.39, 0.29) is 24.8 Å². The van der Waals surface area contributed by atoms with Crippen LogP contribution in [-0.2, 0) is 0 Å². The first-order chi connectivity index (χ1) is 5.86. The average Bonchev–Trinajstić information content (AvgIpc) is 2.54. The van der Waals surface area contributed by atoms with Crippen LogP contribution >= 0.6 is 24.8 Å². The monoisotopic (exact) mass is 240 g/mol. The van der Waals surface area contributed by atoms with Crippen LogP contribution in [0.15, 0.2) is 0 Å². The van der Waals surface area contributed by atoms with Gasteiger partial charge < -0.3 is 5.73 Å². The molecule has 1 heterocycles. The molecular weight excluding hydrogens is 219 g/mol. The SMILES string of the molecule is Cl.Cl.N[C@H]1CCN(C2CCCCC2)C1. The van der Waals surface area contributed by atoms with E-state index in [0.29, 0.717) is 6.04 Å². The number of hydrogen-bond acceptors (Lipinski definition) is 2. The van der Waals surface area contributed by atoms with Crippen molar-refractivity contribution < 1.29 is 0 Å². The van der Waals surface area contributed by atoms with Gasteiger partial charge in [-0.2, -0.15) is 0 Å². The van der Waals surface area contributed by atoms with Gasteiger partial charge in [0.2, 0.25) is 0 Å². The van der Waals surface area contributed by atoms with Gasteiger partial charge in [0.25, 0.3) is 0 Å². The quantitative estimate of drug-likeness (QED) is 0.762. The Kier molecular flexibility index (Phi) is 7.13. The van der Waals surface area contributed by atoms with Crippen LogP contribution in [0.5, 0.6) is 0 Å². The Labute approximate surface area is 99.4 Å². The second-order valence-electron chi connectivity index (χ2n) is 4.34. The number of nitrogens with two attached hydrogens (primary N) is 1. The number of halogens is 2. The number of nitrogens with zero attached hydrogens (tertiary/aromatic N) is 1. The van der Waals surface area contributed by atoms with E-state index in [4.69, 9.17) is 5.73 Å². The Bertz CT molecular complexity index is 146. The lowest BCUT2D eigenvalue weighted by Crippen LogP contribution is -2.36. The molecule has 1 saturated carbocycles. The number of likely N-dealkylation sites (tertiary alicyclic amines) is 1. The highest BCUT2D eigenvalue weighted by Gasteiger charge is 2.26. The summed E-state index contributed by atoms with van der Waals surface area (Å²) in [7, 11) is 0. The molecule has 2 rings (SSSR count). The highest BCUT2D eigenvalue weighted by molar-refractivity contribution is 5.85. The topological polar surface area (TPSA) is 29.3 Å². The van der Waals surface area contributed by atoms with Crippen molar-refractivity contribution >= 4 is 24.8 Å². The molecule has 0 aromatic rings. The van der Waals surface area contributed by atoms with Crippen LogP contribution in [0, 0.1) is 0 Å². The zero-order chi connectivity index (χ0) is 8.39. The molecule has 2 fully saturated rings. The minimum Gasteiger partial charge on any atom is -0.326 e. The first-order valence-corrected chi connectivity index (χ1v) is 5.36. The molecule has 2 aliphatic rings. The molecule has 2 nitrogen and oxygen atoms in total. The van der Waals surface area contributed by atoms with E-state index in [1.807, 2.05) is 0 Å². The third-order valence-corrected chi connectivity index (χ3v) is 3.35. The smallest absolute Gasteiger partial charge is 0.0180 e. The van der Waals surface area contributed by atoms with Gasteiger partial charge in [0.05, 0.1) is 0 Å². The van der Waals surface area contributed by atoms with Crippen molar-refractivity contribution in [3.8, 4) is 0 Å². The fourth-order valence-electron chi connectivity index (χ4n) is 2.59. The molecule has 2 N–H and O–H groups in total. The van der Waals surface area contributed by atoms with Crippen LogP contribution in [0.1, 0.15) is 38.5 Å². The fourth-order valence-corrected chi connectivity index (χ4v) is 2.59. The second-order valence-corrected chi connectivity index (χ2v) is 4.34. The van der Waals surface area contributed by atoms with Gasteiger partial charge >= 0.3 is 0 Å². The Balaban J connectivity index is 0.000000845. The standard InChI is InChI=1S/C10H20N2.2ClH/c11-9-6-7-12(8-9)10-4-2-1-3-5-10;;/h9-10H,1-8,11H2;2*1H/t9-;;/m0../s1. The zero-order valence-electron chi connectivity index (χ0n) is 8.65. The summed E-state index contributed by atoms with van der Waals surface area (Å²) in [6, 6.07) is 1.35. The third-order valence-electron chi connectivity index (χ3n) is 3.35. The third kappa shape index (κ3) is 3.58. The molecule has 0 aromatic carbocycles. The van der Waals surface area contributed by atoms with E-state index in [1.165, 1.54) is 45.1 Å². The van der Waals surface area contributed by atoms with Crippen LogP contribution < -0.4 is 5.73 Å². The molecular formula is C10H22Cl2N2. The summed E-state index contributed by atoms with van der Waals surface area (Å²) in [6.07, 6.45) is 8.40. The molecule has 1 aliphatic heterocycles. The fraction of sp³-hybridized carbons (Fsp3) is 1.00. The van der Waals surface area contributed by atoms with Gasteiger partial charge in [0.15, 0.2) is 0 Å². The molecule has 0 unspecified atom stereocenters.